The van der Waals surface area contributed by atoms with E-state index in [2.05, 4.69) is 63.7 Å². The van der Waals surface area contributed by atoms with Gasteiger partial charge in [0.15, 0.2) is 0 Å². The van der Waals surface area contributed by atoms with Gasteiger partial charge in [0.2, 0.25) is 11.8 Å². The Morgan fingerprint density at radius 2 is 1.83 bits per heavy atom. The maximum absolute atomic E-state index is 14.7. The second-order valence-electron chi connectivity index (χ2n) is 13.7. The first kappa shape index (κ1) is 33.8. The number of amides is 2. The number of likely N-dealkylation sites (tertiary alicyclic amines) is 1. The van der Waals surface area contributed by atoms with Gasteiger partial charge in [-0.25, -0.2) is 0 Å². The van der Waals surface area contributed by atoms with Gasteiger partial charge in [0.25, 0.3) is 0 Å². The quantitative estimate of drug-likeness (QED) is 0.110. The lowest BCUT2D eigenvalue weighted by Crippen LogP contribution is -2.61. The number of hydrogen-bond acceptors (Lipinski definition) is 6. The maximum atomic E-state index is 14.7. The summed E-state index contributed by atoms with van der Waals surface area (Å²) < 4.78 is 12.3. The number of unbranched alkanes of at least 4 members (excludes halogenated alkanes) is 4. The van der Waals surface area contributed by atoms with Crippen molar-refractivity contribution in [2.24, 2.45) is 17.3 Å². The summed E-state index contributed by atoms with van der Waals surface area (Å²) in [5.41, 5.74) is -1.66. The predicted octanol–water partition coefficient (Wildman–Crippen LogP) is 5.03. The molecule has 0 aromatic carbocycles. The highest BCUT2D eigenvalue weighted by molar-refractivity contribution is 9.09. The SMILES string of the molecule is C=CCCCOC(=O)[C@H]1[C@@H]2OC3(CC2Br)C(C(=O)N(CC=C)C(C)(C)CC(C)(C)C)N(CCCCCCO)C(=O)[C@H]13. The topological polar surface area (TPSA) is 96.4 Å². The molecule has 0 aromatic rings. The van der Waals surface area contributed by atoms with E-state index < -0.39 is 41.1 Å². The van der Waals surface area contributed by atoms with Crippen LogP contribution >= 0.6 is 15.9 Å². The molecule has 2 bridgehead atoms. The molecule has 41 heavy (non-hydrogen) atoms. The Kier molecular flexibility index (Phi) is 11.3. The fourth-order valence-corrected chi connectivity index (χ4v) is 8.41. The average molecular weight is 640 g/mol. The number of halogens is 1. The lowest BCUT2D eigenvalue weighted by atomic mass is 9.70. The molecule has 3 rings (SSSR count). The number of allylic oxidation sites excluding steroid dienone is 1. The van der Waals surface area contributed by atoms with Gasteiger partial charge < -0.3 is 24.4 Å². The molecule has 0 aliphatic carbocycles. The minimum absolute atomic E-state index is 0.0361. The zero-order valence-corrected chi connectivity index (χ0v) is 27.3. The molecular weight excluding hydrogens is 588 g/mol. The van der Waals surface area contributed by atoms with Gasteiger partial charge in [-0.05, 0) is 57.8 Å². The number of ether oxygens (including phenoxy) is 2. The predicted molar refractivity (Wildman–Crippen MR) is 163 cm³/mol. The van der Waals surface area contributed by atoms with Crippen LogP contribution in [-0.4, -0.2) is 87.1 Å². The molecule has 0 aromatic heterocycles. The number of fused-ring (bicyclic) bond motifs is 1. The first-order valence-electron chi connectivity index (χ1n) is 15.2. The van der Waals surface area contributed by atoms with Gasteiger partial charge in [-0.3, -0.25) is 14.4 Å². The smallest absolute Gasteiger partial charge is 0.312 e. The van der Waals surface area contributed by atoms with E-state index in [1.54, 1.807) is 17.1 Å². The standard InChI is InChI=1S/C32H51BrN2O6/c1-8-10-15-19-40-29(39)23-24-27(37)34(17-13-11-12-14-18-36)26(32(24)20-22(33)25(23)41-32)28(38)35(16-9-2)31(6,7)21-30(3,4)5/h8-9,22-26,36H,1-2,10-21H2,3-7H3/t22?,23-,24+,25-,26?,32?/m1/s1. The van der Waals surface area contributed by atoms with E-state index >= 15 is 0 Å². The zero-order valence-electron chi connectivity index (χ0n) is 25.7. The molecule has 6 atom stereocenters. The van der Waals surface area contributed by atoms with Crippen molar-refractivity contribution < 1.29 is 29.0 Å². The van der Waals surface area contributed by atoms with Gasteiger partial charge in [0.1, 0.15) is 11.6 Å². The van der Waals surface area contributed by atoms with Gasteiger partial charge in [0, 0.05) is 30.1 Å². The number of rotatable bonds is 16. The molecule has 2 amide bonds. The van der Waals surface area contributed by atoms with Gasteiger partial charge in [-0.15, -0.1) is 13.2 Å². The van der Waals surface area contributed by atoms with Crippen molar-refractivity contribution in [2.45, 2.75) is 114 Å². The average Bonchev–Trinajstić information content (AvgIpc) is 3.46. The molecule has 1 N–H and O–H groups in total. The molecule has 3 saturated heterocycles. The van der Waals surface area contributed by atoms with Crippen LogP contribution in [0.3, 0.4) is 0 Å². The molecular formula is C32H51BrN2O6. The third-order valence-electron chi connectivity index (χ3n) is 8.67. The minimum Gasteiger partial charge on any atom is -0.465 e. The Hall–Kier alpha value is -1.71. The molecule has 0 saturated carbocycles. The van der Waals surface area contributed by atoms with Crippen LogP contribution in [0.2, 0.25) is 0 Å². The molecule has 1 spiro atoms. The number of esters is 1. The number of carbonyl (C=O) groups is 3. The summed E-state index contributed by atoms with van der Waals surface area (Å²) in [6.45, 7) is 19.3. The number of alkyl halides is 1. The van der Waals surface area contributed by atoms with Crippen molar-refractivity contribution in [2.75, 3.05) is 26.3 Å². The normalized spacial score (nSPS) is 29.0. The fraction of sp³-hybridized carbons (Fsp3) is 0.781. The Bertz CT molecular complexity index is 978. The zero-order chi connectivity index (χ0) is 30.6. The Labute approximate surface area is 255 Å². The maximum Gasteiger partial charge on any atom is 0.312 e. The van der Waals surface area contributed by atoms with Crippen molar-refractivity contribution in [3.05, 3.63) is 25.3 Å². The van der Waals surface area contributed by atoms with Crippen LogP contribution in [0.15, 0.2) is 25.3 Å². The number of nitrogens with zero attached hydrogens (tertiary/aromatic N) is 2. The number of carbonyl (C=O) groups excluding carboxylic acids is 3. The van der Waals surface area contributed by atoms with E-state index in [4.69, 9.17) is 9.47 Å². The minimum atomic E-state index is -1.11. The van der Waals surface area contributed by atoms with Gasteiger partial charge >= 0.3 is 5.97 Å². The summed E-state index contributed by atoms with van der Waals surface area (Å²) in [4.78, 5) is 45.8. The number of aliphatic hydroxyl groups is 1. The van der Waals surface area contributed by atoms with Gasteiger partial charge in [0.05, 0.1) is 24.5 Å². The van der Waals surface area contributed by atoms with E-state index in [0.717, 1.165) is 25.7 Å². The summed E-state index contributed by atoms with van der Waals surface area (Å²) in [6, 6.07) is -0.847. The molecule has 3 fully saturated rings. The molecule has 3 unspecified atom stereocenters. The van der Waals surface area contributed by atoms with Crippen molar-refractivity contribution in [3.63, 3.8) is 0 Å². The molecule has 3 aliphatic rings. The summed E-state index contributed by atoms with van der Waals surface area (Å²) in [5, 5.41) is 9.19. The third-order valence-corrected chi connectivity index (χ3v) is 9.52. The number of hydrogen-bond donors (Lipinski definition) is 1. The summed E-state index contributed by atoms with van der Waals surface area (Å²) in [6.07, 6.45) is 8.66. The second kappa shape index (κ2) is 13.7. The second-order valence-corrected chi connectivity index (χ2v) is 14.9. The highest BCUT2D eigenvalue weighted by atomic mass is 79.9. The van der Waals surface area contributed by atoms with E-state index in [-0.39, 0.29) is 35.3 Å². The lowest BCUT2D eigenvalue weighted by Gasteiger charge is -2.45. The third kappa shape index (κ3) is 7.10. The van der Waals surface area contributed by atoms with Crippen molar-refractivity contribution >= 4 is 33.7 Å². The van der Waals surface area contributed by atoms with Crippen molar-refractivity contribution in [1.29, 1.82) is 0 Å². The van der Waals surface area contributed by atoms with E-state index in [9.17, 15) is 19.5 Å². The Morgan fingerprint density at radius 1 is 1.15 bits per heavy atom. The fourth-order valence-electron chi connectivity index (χ4n) is 7.47. The molecule has 232 valence electrons. The number of aliphatic hydroxyl groups excluding tert-OH is 1. The van der Waals surface area contributed by atoms with Crippen LogP contribution < -0.4 is 0 Å². The lowest BCUT2D eigenvalue weighted by molar-refractivity contribution is -0.156. The summed E-state index contributed by atoms with van der Waals surface area (Å²) in [5.74, 6) is -2.33. The van der Waals surface area contributed by atoms with Crippen LogP contribution in [0.25, 0.3) is 0 Å². The first-order valence-corrected chi connectivity index (χ1v) is 16.1. The van der Waals surface area contributed by atoms with Crippen LogP contribution in [0.1, 0.15) is 86.0 Å². The first-order chi connectivity index (χ1) is 19.3. The van der Waals surface area contributed by atoms with Crippen LogP contribution in [0.4, 0.5) is 0 Å². The van der Waals surface area contributed by atoms with Gasteiger partial charge in [-0.2, -0.15) is 0 Å². The Morgan fingerprint density at radius 3 is 2.44 bits per heavy atom. The summed E-state index contributed by atoms with van der Waals surface area (Å²) >= 11 is 3.73. The monoisotopic (exact) mass is 638 g/mol. The van der Waals surface area contributed by atoms with Gasteiger partial charge in [-0.1, -0.05) is 61.7 Å². The molecule has 9 heteroatoms. The van der Waals surface area contributed by atoms with E-state index in [1.807, 2.05) is 4.90 Å². The summed E-state index contributed by atoms with van der Waals surface area (Å²) in [7, 11) is 0. The van der Waals surface area contributed by atoms with Crippen LogP contribution in [0, 0.1) is 17.3 Å². The molecule has 0 radical (unpaired) electrons. The highest BCUT2D eigenvalue weighted by Crippen LogP contribution is 2.60. The van der Waals surface area contributed by atoms with Crippen LogP contribution in [0.5, 0.6) is 0 Å². The van der Waals surface area contributed by atoms with Crippen molar-refractivity contribution in [3.8, 4) is 0 Å². The van der Waals surface area contributed by atoms with Crippen LogP contribution in [-0.2, 0) is 23.9 Å². The van der Waals surface area contributed by atoms with E-state index in [1.165, 1.54) is 0 Å². The largest absolute Gasteiger partial charge is 0.465 e. The molecule has 8 nitrogen and oxygen atoms in total. The van der Waals surface area contributed by atoms with Crippen molar-refractivity contribution in [1.82, 2.24) is 9.80 Å². The highest BCUT2D eigenvalue weighted by Gasteiger charge is 2.77. The van der Waals surface area contributed by atoms with E-state index in [0.29, 0.717) is 38.8 Å². The molecule has 3 heterocycles. The molecule has 3 aliphatic heterocycles. The Balaban J connectivity index is 2.00.